The van der Waals surface area contributed by atoms with Crippen molar-refractivity contribution in [3.63, 3.8) is 0 Å². The van der Waals surface area contributed by atoms with Gasteiger partial charge in [-0.1, -0.05) is 24.3 Å². The minimum Gasteiger partial charge on any atom is -0.382 e. The molecule has 4 heteroatoms. The van der Waals surface area contributed by atoms with E-state index in [1.807, 2.05) is 18.2 Å². The highest BCUT2D eigenvalue weighted by molar-refractivity contribution is 5.29. The van der Waals surface area contributed by atoms with E-state index in [1.54, 1.807) is 14.2 Å². The Balaban J connectivity index is 2.82. The molecule has 0 saturated heterocycles. The van der Waals surface area contributed by atoms with Gasteiger partial charge in [0.05, 0.1) is 13.2 Å². The van der Waals surface area contributed by atoms with Crippen LogP contribution in [0.2, 0.25) is 0 Å². The summed E-state index contributed by atoms with van der Waals surface area (Å²) < 4.78 is 10.5. The summed E-state index contributed by atoms with van der Waals surface area (Å²) in [4.78, 5) is 4.60. The molecule has 0 bridgehead atoms. The average molecular weight is 225 g/mol. The van der Waals surface area contributed by atoms with Crippen LogP contribution in [-0.4, -0.2) is 27.4 Å². The lowest BCUT2D eigenvalue weighted by Gasteiger charge is -2.18. The van der Waals surface area contributed by atoms with Gasteiger partial charge in [-0.25, -0.2) is 5.90 Å². The van der Waals surface area contributed by atoms with E-state index in [0.717, 1.165) is 12.0 Å². The van der Waals surface area contributed by atoms with Gasteiger partial charge in [0.1, 0.15) is 6.10 Å². The van der Waals surface area contributed by atoms with Gasteiger partial charge in [0.2, 0.25) is 0 Å². The molecular weight excluding hydrogens is 206 g/mol. The predicted molar refractivity (Wildman–Crippen MR) is 61.9 cm³/mol. The maximum absolute atomic E-state index is 5.40. The predicted octanol–water partition coefficient (Wildman–Crippen LogP) is 1.45. The monoisotopic (exact) mass is 225 g/mol. The normalized spacial score (nSPS) is 12.7. The lowest BCUT2D eigenvalue weighted by Crippen LogP contribution is -2.12. The van der Waals surface area contributed by atoms with Gasteiger partial charge in [0.15, 0.2) is 0 Å². The van der Waals surface area contributed by atoms with E-state index < -0.39 is 0 Å². The van der Waals surface area contributed by atoms with Crippen LogP contribution in [0.25, 0.3) is 0 Å². The Bertz CT molecular complexity index is 304. The highest BCUT2D eigenvalue weighted by Gasteiger charge is 2.13. The molecule has 4 nitrogen and oxygen atoms in total. The van der Waals surface area contributed by atoms with Crippen LogP contribution >= 0.6 is 0 Å². The van der Waals surface area contributed by atoms with Crippen molar-refractivity contribution in [1.82, 2.24) is 0 Å². The van der Waals surface area contributed by atoms with E-state index >= 15 is 0 Å². The molecule has 1 aromatic rings. The molecule has 0 aliphatic rings. The number of methoxy groups -OCH3 is 2. The number of nitrogens with two attached hydrogens (primary N) is 1. The molecule has 0 heterocycles. The molecule has 90 valence electrons. The van der Waals surface area contributed by atoms with Crippen LogP contribution in [0.1, 0.15) is 17.2 Å². The molecule has 1 aromatic carbocycles. The van der Waals surface area contributed by atoms with Gasteiger partial charge >= 0.3 is 0 Å². The third kappa shape index (κ3) is 3.57. The molecule has 0 aliphatic heterocycles. The van der Waals surface area contributed by atoms with Crippen molar-refractivity contribution in [2.75, 3.05) is 27.4 Å². The van der Waals surface area contributed by atoms with E-state index in [1.165, 1.54) is 5.56 Å². The van der Waals surface area contributed by atoms with Crippen molar-refractivity contribution in [2.45, 2.75) is 12.5 Å². The topological polar surface area (TPSA) is 53.7 Å². The van der Waals surface area contributed by atoms with Crippen LogP contribution < -0.4 is 5.90 Å². The summed E-state index contributed by atoms with van der Waals surface area (Å²) >= 11 is 0. The van der Waals surface area contributed by atoms with Crippen LogP contribution in [0.4, 0.5) is 0 Å². The minimum atomic E-state index is -0.0426. The van der Waals surface area contributed by atoms with Crippen LogP contribution in [0.3, 0.4) is 0 Å². The van der Waals surface area contributed by atoms with Gasteiger partial charge < -0.3 is 14.3 Å². The van der Waals surface area contributed by atoms with Gasteiger partial charge in [0.25, 0.3) is 0 Å². The van der Waals surface area contributed by atoms with Gasteiger partial charge in [-0.2, -0.15) is 0 Å². The molecule has 2 N–H and O–H groups in total. The van der Waals surface area contributed by atoms with Crippen molar-refractivity contribution < 1.29 is 14.3 Å². The Morgan fingerprint density at radius 1 is 1.25 bits per heavy atom. The summed E-state index contributed by atoms with van der Waals surface area (Å²) in [5.74, 6) is 5.04. The summed E-state index contributed by atoms with van der Waals surface area (Å²) in [6.07, 6.45) is 0.731. The van der Waals surface area contributed by atoms with Crippen molar-refractivity contribution in [1.29, 1.82) is 0 Å². The first-order valence-electron chi connectivity index (χ1n) is 5.24. The summed E-state index contributed by atoms with van der Waals surface area (Å²) in [6.45, 7) is 1.04. The van der Waals surface area contributed by atoms with E-state index in [2.05, 4.69) is 10.9 Å². The van der Waals surface area contributed by atoms with Gasteiger partial charge in [0, 0.05) is 14.2 Å². The molecular formula is C12H19NO3. The average Bonchev–Trinajstić information content (AvgIpc) is 2.34. The smallest absolute Gasteiger partial charge is 0.106 e. The fourth-order valence-electron chi connectivity index (χ4n) is 1.68. The largest absolute Gasteiger partial charge is 0.382 e. The second-order valence-electron chi connectivity index (χ2n) is 3.50. The summed E-state index contributed by atoms with van der Waals surface area (Å²) in [5.41, 5.74) is 2.31. The molecule has 16 heavy (non-hydrogen) atoms. The first-order valence-corrected chi connectivity index (χ1v) is 5.24. The number of benzene rings is 1. The summed E-state index contributed by atoms with van der Waals surface area (Å²) in [7, 11) is 3.34. The maximum Gasteiger partial charge on any atom is 0.106 e. The fraction of sp³-hybridized carbons (Fsp3) is 0.500. The van der Waals surface area contributed by atoms with Gasteiger partial charge in [-0.05, 0) is 17.5 Å². The zero-order valence-electron chi connectivity index (χ0n) is 9.81. The van der Waals surface area contributed by atoms with Crippen LogP contribution in [0.5, 0.6) is 0 Å². The third-order valence-corrected chi connectivity index (χ3v) is 2.49. The zero-order valence-corrected chi connectivity index (χ0v) is 9.81. The first kappa shape index (κ1) is 13.1. The van der Waals surface area contributed by atoms with E-state index in [0.29, 0.717) is 13.2 Å². The Kier molecular flexibility index (Phi) is 6.03. The minimum absolute atomic E-state index is 0.0426. The number of rotatable bonds is 7. The molecule has 1 unspecified atom stereocenters. The highest BCUT2D eigenvalue weighted by Crippen LogP contribution is 2.21. The number of hydrogen-bond donors (Lipinski definition) is 1. The standard InChI is InChI=1S/C12H19NO3/c1-14-9-12(15-2)11-6-4-3-5-10(11)7-8-16-13/h3-6,12H,7-9,13H2,1-2H3. The maximum atomic E-state index is 5.40. The van der Waals surface area contributed by atoms with Crippen molar-refractivity contribution >= 4 is 0 Å². The third-order valence-electron chi connectivity index (χ3n) is 2.49. The Hall–Kier alpha value is -0.940. The molecule has 0 radical (unpaired) electrons. The fourth-order valence-corrected chi connectivity index (χ4v) is 1.68. The molecule has 0 amide bonds. The Labute approximate surface area is 96.3 Å². The van der Waals surface area contributed by atoms with Crippen molar-refractivity contribution in [3.8, 4) is 0 Å². The molecule has 0 aromatic heterocycles. The van der Waals surface area contributed by atoms with Gasteiger partial charge in [-0.3, -0.25) is 0 Å². The lowest BCUT2D eigenvalue weighted by atomic mass is 10.0. The summed E-state index contributed by atoms with van der Waals surface area (Å²) in [5, 5.41) is 0. The molecule has 0 fully saturated rings. The molecule has 0 spiro atoms. The molecule has 0 saturated carbocycles. The van der Waals surface area contributed by atoms with E-state index in [-0.39, 0.29) is 6.10 Å². The zero-order chi connectivity index (χ0) is 11.8. The Morgan fingerprint density at radius 3 is 2.62 bits per heavy atom. The quantitative estimate of drug-likeness (QED) is 0.714. The number of ether oxygens (including phenoxy) is 2. The first-order chi connectivity index (χ1) is 7.83. The van der Waals surface area contributed by atoms with E-state index in [4.69, 9.17) is 15.4 Å². The SMILES string of the molecule is COCC(OC)c1ccccc1CCON. The number of hydrogen-bond acceptors (Lipinski definition) is 4. The van der Waals surface area contributed by atoms with Crippen molar-refractivity contribution in [3.05, 3.63) is 35.4 Å². The summed E-state index contributed by atoms with van der Waals surface area (Å²) in [6, 6.07) is 8.08. The second kappa shape index (κ2) is 7.35. The highest BCUT2D eigenvalue weighted by atomic mass is 16.6. The van der Waals surface area contributed by atoms with Crippen LogP contribution in [0, 0.1) is 0 Å². The van der Waals surface area contributed by atoms with Crippen molar-refractivity contribution in [2.24, 2.45) is 5.90 Å². The Morgan fingerprint density at radius 2 is 2.00 bits per heavy atom. The van der Waals surface area contributed by atoms with Crippen LogP contribution in [-0.2, 0) is 20.7 Å². The molecule has 1 atom stereocenters. The second-order valence-corrected chi connectivity index (χ2v) is 3.50. The van der Waals surface area contributed by atoms with Crippen LogP contribution in [0.15, 0.2) is 24.3 Å². The molecule has 1 rings (SSSR count). The molecule has 0 aliphatic carbocycles. The lowest BCUT2D eigenvalue weighted by molar-refractivity contribution is 0.0267. The van der Waals surface area contributed by atoms with Gasteiger partial charge in [-0.15, -0.1) is 0 Å². The van der Waals surface area contributed by atoms with E-state index in [9.17, 15) is 0 Å².